The van der Waals surface area contributed by atoms with E-state index < -0.39 is 0 Å². The molecule has 0 radical (unpaired) electrons. The molecule has 126 valence electrons. The van der Waals surface area contributed by atoms with Gasteiger partial charge in [0.1, 0.15) is 0 Å². The second-order valence-corrected chi connectivity index (χ2v) is 6.09. The number of carbonyl (C=O) groups is 1. The Balaban J connectivity index is 1.48. The summed E-state index contributed by atoms with van der Waals surface area (Å²) < 4.78 is 11.3. The zero-order valence-electron chi connectivity index (χ0n) is 14.0. The lowest BCUT2D eigenvalue weighted by Crippen LogP contribution is -2.27. The van der Waals surface area contributed by atoms with Gasteiger partial charge in [0.2, 0.25) is 5.91 Å². The molecule has 3 rings (SSSR count). The molecule has 2 aromatic carbocycles. The van der Waals surface area contributed by atoms with E-state index in [9.17, 15) is 4.79 Å². The van der Waals surface area contributed by atoms with E-state index in [1.54, 1.807) is 0 Å². The van der Waals surface area contributed by atoms with Crippen molar-refractivity contribution in [2.45, 2.75) is 26.2 Å². The first-order valence-electron chi connectivity index (χ1n) is 8.41. The van der Waals surface area contributed by atoms with Crippen LogP contribution < -0.4 is 14.8 Å². The summed E-state index contributed by atoms with van der Waals surface area (Å²) in [6, 6.07) is 14.0. The van der Waals surface area contributed by atoms with E-state index in [-0.39, 0.29) is 5.91 Å². The lowest BCUT2D eigenvalue weighted by Gasteiger charge is -2.10. The average molecular weight is 325 g/mol. The van der Waals surface area contributed by atoms with Crippen molar-refractivity contribution in [1.82, 2.24) is 5.32 Å². The van der Waals surface area contributed by atoms with Gasteiger partial charge in [0.25, 0.3) is 0 Å². The third kappa shape index (κ3) is 4.51. The van der Waals surface area contributed by atoms with Crippen LogP contribution >= 0.6 is 0 Å². The molecule has 1 heterocycles. The van der Waals surface area contributed by atoms with E-state index in [1.165, 1.54) is 5.56 Å². The molecule has 1 amide bonds. The van der Waals surface area contributed by atoms with Crippen LogP contribution in [-0.4, -0.2) is 25.7 Å². The van der Waals surface area contributed by atoms with Crippen LogP contribution in [0.15, 0.2) is 42.5 Å². The van der Waals surface area contributed by atoms with Gasteiger partial charge in [-0.1, -0.05) is 35.9 Å². The van der Waals surface area contributed by atoms with Gasteiger partial charge in [-0.25, -0.2) is 0 Å². The van der Waals surface area contributed by atoms with Gasteiger partial charge in [-0.15, -0.1) is 0 Å². The topological polar surface area (TPSA) is 47.6 Å². The second kappa shape index (κ2) is 7.86. The molecular formula is C20H23NO3. The Morgan fingerprint density at radius 3 is 2.50 bits per heavy atom. The van der Waals surface area contributed by atoms with E-state index in [0.717, 1.165) is 35.5 Å². The summed E-state index contributed by atoms with van der Waals surface area (Å²) in [5, 5.41) is 2.98. The first kappa shape index (κ1) is 16.4. The number of benzene rings is 2. The molecule has 24 heavy (non-hydrogen) atoms. The summed E-state index contributed by atoms with van der Waals surface area (Å²) in [6.45, 7) is 4.04. The maximum Gasteiger partial charge on any atom is 0.224 e. The van der Waals surface area contributed by atoms with Crippen molar-refractivity contribution in [3.63, 3.8) is 0 Å². The highest BCUT2D eigenvalue weighted by molar-refractivity contribution is 5.78. The summed E-state index contributed by atoms with van der Waals surface area (Å²) in [5.74, 6) is 1.66. The quantitative estimate of drug-likeness (QED) is 0.919. The Morgan fingerprint density at radius 1 is 1.00 bits per heavy atom. The number of aryl methyl sites for hydroxylation is 1. The zero-order valence-corrected chi connectivity index (χ0v) is 14.0. The Bertz CT molecular complexity index is 695. The predicted octanol–water partition coefficient (Wildman–Crippen LogP) is 3.06. The van der Waals surface area contributed by atoms with Crippen LogP contribution in [0.1, 0.15) is 23.1 Å². The summed E-state index contributed by atoms with van der Waals surface area (Å²) in [6.07, 6.45) is 2.09. The van der Waals surface area contributed by atoms with Crippen LogP contribution in [0.3, 0.4) is 0 Å². The van der Waals surface area contributed by atoms with E-state index in [0.29, 0.717) is 26.2 Å². The van der Waals surface area contributed by atoms with Gasteiger partial charge < -0.3 is 14.8 Å². The second-order valence-electron chi connectivity index (χ2n) is 6.09. The van der Waals surface area contributed by atoms with Crippen molar-refractivity contribution in [2.24, 2.45) is 0 Å². The number of carbonyl (C=O) groups excluding carboxylic acids is 1. The fraction of sp³-hybridized carbons (Fsp3) is 0.350. The number of amides is 1. The highest BCUT2D eigenvalue weighted by atomic mass is 16.5. The number of fused-ring (bicyclic) bond motifs is 1. The van der Waals surface area contributed by atoms with E-state index in [1.807, 2.05) is 49.4 Å². The molecule has 0 bridgehead atoms. The number of rotatable bonds is 5. The van der Waals surface area contributed by atoms with E-state index >= 15 is 0 Å². The monoisotopic (exact) mass is 325 g/mol. The lowest BCUT2D eigenvalue weighted by molar-refractivity contribution is -0.120. The normalized spacial score (nSPS) is 13.2. The zero-order chi connectivity index (χ0) is 16.8. The average Bonchev–Trinajstić information content (AvgIpc) is 2.82. The van der Waals surface area contributed by atoms with Crippen LogP contribution in [0, 0.1) is 6.92 Å². The van der Waals surface area contributed by atoms with E-state index in [4.69, 9.17) is 9.47 Å². The largest absolute Gasteiger partial charge is 0.490 e. The molecule has 0 spiro atoms. The van der Waals surface area contributed by atoms with Gasteiger partial charge in [0.05, 0.1) is 19.6 Å². The highest BCUT2D eigenvalue weighted by Crippen LogP contribution is 2.30. The van der Waals surface area contributed by atoms with Crippen LogP contribution in [0.2, 0.25) is 0 Å². The number of ether oxygens (including phenoxy) is 2. The van der Waals surface area contributed by atoms with Crippen molar-refractivity contribution in [2.75, 3.05) is 19.8 Å². The standard InChI is InChI=1S/C20H23NO3/c1-15-3-5-16(6-4-15)14-20(22)21-10-9-17-7-8-18-19(13-17)24-12-2-11-23-18/h3-8,13H,2,9-12,14H2,1H3,(H,21,22). The molecule has 4 nitrogen and oxygen atoms in total. The van der Waals surface area contributed by atoms with Gasteiger partial charge in [-0.2, -0.15) is 0 Å². The fourth-order valence-electron chi connectivity index (χ4n) is 2.66. The smallest absolute Gasteiger partial charge is 0.224 e. The van der Waals surface area contributed by atoms with Gasteiger partial charge in [0, 0.05) is 13.0 Å². The number of hydrogen-bond donors (Lipinski definition) is 1. The van der Waals surface area contributed by atoms with Crippen molar-refractivity contribution < 1.29 is 14.3 Å². The lowest BCUT2D eigenvalue weighted by atomic mass is 10.1. The fourth-order valence-corrected chi connectivity index (χ4v) is 2.66. The molecule has 0 saturated carbocycles. The summed E-state index contributed by atoms with van der Waals surface area (Å²) in [7, 11) is 0. The maximum atomic E-state index is 12.0. The third-order valence-corrected chi connectivity index (χ3v) is 4.03. The Labute approximate surface area is 142 Å². The van der Waals surface area contributed by atoms with Gasteiger partial charge in [-0.05, 0) is 36.6 Å². The molecule has 0 aliphatic carbocycles. The Kier molecular flexibility index (Phi) is 5.36. The molecule has 2 aromatic rings. The molecule has 0 aromatic heterocycles. The number of nitrogens with one attached hydrogen (secondary N) is 1. The molecule has 1 N–H and O–H groups in total. The Hall–Kier alpha value is -2.49. The van der Waals surface area contributed by atoms with Crippen LogP contribution in [0.4, 0.5) is 0 Å². The maximum absolute atomic E-state index is 12.0. The first-order valence-corrected chi connectivity index (χ1v) is 8.41. The molecular weight excluding hydrogens is 302 g/mol. The predicted molar refractivity (Wildman–Crippen MR) is 93.6 cm³/mol. The molecule has 1 aliphatic heterocycles. The first-order chi connectivity index (χ1) is 11.7. The summed E-state index contributed by atoms with van der Waals surface area (Å²) >= 11 is 0. The van der Waals surface area contributed by atoms with Gasteiger partial charge >= 0.3 is 0 Å². The molecule has 0 unspecified atom stereocenters. The molecule has 0 atom stereocenters. The minimum Gasteiger partial charge on any atom is -0.490 e. The minimum atomic E-state index is 0.0493. The Morgan fingerprint density at radius 2 is 1.71 bits per heavy atom. The summed E-state index contributed by atoms with van der Waals surface area (Å²) in [5.41, 5.74) is 3.37. The molecule has 0 fully saturated rings. The summed E-state index contributed by atoms with van der Waals surface area (Å²) in [4.78, 5) is 12.0. The number of hydrogen-bond acceptors (Lipinski definition) is 3. The third-order valence-electron chi connectivity index (χ3n) is 4.03. The minimum absolute atomic E-state index is 0.0493. The van der Waals surface area contributed by atoms with Crippen molar-refractivity contribution >= 4 is 5.91 Å². The van der Waals surface area contributed by atoms with Crippen LogP contribution in [-0.2, 0) is 17.6 Å². The van der Waals surface area contributed by atoms with E-state index in [2.05, 4.69) is 5.32 Å². The van der Waals surface area contributed by atoms with Crippen molar-refractivity contribution in [3.05, 3.63) is 59.2 Å². The molecule has 1 aliphatic rings. The molecule has 4 heteroatoms. The SMILES string of the molecule is Cc1ccc(CC(=O)NCCc2ccc3c(c2)OCCCO3)cc1. The highest BCUT2D eigenvalue weighted by Gasteiger charge is 2.10. The van der Waals surface area contributed by atoms with Crippen molar-refractivity contribution in [3.8, 4) is 11.5 Å². The van der Waals surface area contributed by atoms with Crippen LogP contribution in [0.5, 0.6) is 11.5 Å². The molecule has 0 saturated heterocycles. The van der Waals surface area contributed by atoms with Gasteiger partial charge in [-0.3, -0.25) is 4.79 Å². The van der Waals surface area contributed by atoms with Crippen molar-refractivity contribution in [1.29, 1.82) is 0 Å². The van der Waals surface area contributed by atoms with Gasteiger partial charge in [0.15, 0.2) is 11.5 Å². The van der Waals surface area contributed by atoms with Crippen LogP contribution in [0.25, 0.3) is 0 Å².